The second kappa shape index (κ2) is 10.8. The normalized spacial score (nSPS) is 11.8. The van der Waals surface area contributed by atoms with Crippen LogP contribution < -0.4 is 5.56 Å². The van der Waals surface area contributed by atoms with Gasteiger partial charge < -0.3 is 0 Å². The Bertz CT molecular complexity index is 2910. The van der Waals surface area contributed by atoms with Gasteiger partial charge in [0.1, 0.15) is 0 Å². The molecule has 230 valence electrons. The molecule has 10 aromatic rings. The predicted molar refractivity (Wildman–Crippen MR) is 198 cm³/mol. The zero-order chi connectivity index (χ0) is 32.5. The Kier molecular flexibility index (Phi) is 6.06. The highest BCUT2D eigenvalue weighted by molar-refractivity contribution is 7.23. The lowest BCUT2D eigenvalue weighted by molar-refractivity contribution is 0.953. The van der Waals surface area contributed by atoms with Crippen molar-refractivity contribution in [1.82, 2.24) is 28.9 Å². The molecule has 49 heavy (non-hydrogen) atoms. The van der Waals surface area contributed by atoms with Gasteiger partial charge in [-0.3, -0.25) is 13.8 Å². The summed E-state index contributed by atoms with van der Waals surface area (Å²) in [5.74, 6) is 1.77. The number of para-hydroxylation sites is 2. The number of hydrogen-bond acceptors (Lipinski definition) is 6. The van der Waals surface area contributed by atoms with Gasteiger partial charge in [-0.1, -0.05) is 114 Å². The molecule has 7 nitrogen and oxygen atoms in total. The Labute approximate surface area is 283 Å². The van der Waals surface area contributed by atoms with E-state index in [2.05, 4.69) is 41.0 Å². The molecule has 4 heterocycles. The van der Waals surface area contributed by atoms with Crippen LogP contribution in [-0.4, -0.2) is 28.9 Å². The molecule has 0 amide bonds. The predicted octanol–water partition coefficient (Wildman–Crippen LogP) is 9.35. The molecule has 0 bridgehead atoms. The van der Waals surface area contributed by atoms with Gasteiger partial charge in [0.25, 0.3) is 5.56 Å². The van der Waals surface area contributed by atoms with E-state index in [9.17, 15) is 4.79 Å². The first-order chi connectivity index (χ1) is 24.2. The Balaban J connectivity index is 1.17. The molecule has 0 N–H and O–H groups in total. The van der Waals surface area contributed by atoms with Gasteiger partial charge in [-0.15, -0.1) is 0 Å². The van der Waals surface area contributed by atoms with Crippen LogP contribution in [0.1, 0.15) is 0 Å². The highest BCUT2D eigenvalue weighted by atomic mass is 32.1. The number of aromatic nitrogens is 6. The number of hydrogen-bond donors (Lipinski definition) is 0. The Morgan fingerprint density at radius 2 is 1.08 bits per heavy atom. The van der Waals surface area contributed by atoms with Crippen molar-refractivity contribution in [2.24, 2.45) is 0 Å². The standard InChI is InChI=1S/C41H24N6OS/c48-39-30-21-19-28(24-32(30)42-41-47(39)35-17-9-10-18-36(35)49-41)27-20-22-34-31(23-27)29-15-7-8-16-33(29)46(34)40-44-37(25-11-3-1-4-12-25)43-38(45-40)26-13-5-2-6-14-26/h1-24H. The first kappa shape index (κ1) is 27.6. The van der Waals surface area contributed by atoms with Crippen LogP contribution >= 0.6 is 11.3 Å². The number of nitrogens with zero attached hydrogens (tertiary/aromatic N) is 6. The SMILES string of the molecule is O=c1c2ccc(-c3ccc4c(c3)c3ccccc3n4-c3nc(-c4ccccc4)nc(-c4ccccc4)n3)cc2nc2sc3ccccc3n12. The maximum absolute atomic E-state index is 13.6. The van der Waals surface area contributed by atoms with E-state index in [4.69, 9.17) is 19.9 Å². The third kappa shape index (κ3) is 4.38. The van der Waals surface area contributed by atoms with E-state index in [1.54, 1.807) is 4.40 Å². The van der Waals surface area contributed by atoms with Crippen LogP contribution in [-0.2, 0) is 0 Å². The second-order valence-corrected chi connectivity index (χ2v) is 12.9. The molecule has 8 heteroatoms. The minimum Gasteiger partial charge on any atom is -0.278 e. The molecule has 0 spiro atoms. The summed E-state index contributed by atoms with van der Waals surface area (Å²) in [7, 11) is 0. The molecule has 0 aliphatic rings. The summed E-state index contributed by atoms with van der Waals surface area (Å²) in [5, 5.41) is 2.76. The van der Waals surface area contributed by atoms with Crippen LogP contribution in [0.15, 0.2) is 150 Å². The lowest BCUT2D eigenvalue weighted by atomic mass is 10.0. The molecule has 0 unspecified atom stereocenters. The van der Waals surface area contributed by atoms with E-state index in [1.807, 2.05) is 109 Å². The number of benzene rings is 6. The van der Waals surface area contributed by atoms with Gasteiger partial charge in [-0.05, 0) is 53.6 Å². The third-order valence-electron chi connectivity index (χ3n) is 9.04. The molecule has 0 atom stereocenters. The van der Waals surface area contributed by atoms with Crippen molar-refractivity contribution in [3.63, 3.8) is 0 Å². The fourth-order valence-corrected chi connectivity index (χ4v) is 7.74. The lowest BCUT2D eigenvalue weighted by Gasteiger charge is -2.11. The number of thiazole rings is 1. The van der Waals surface area contributed by atoms with Gasteiger partial charge in [-0.25, -0.2) is 9.97 Å². The monoisotopic (exact) mass is 648 g/mol. The quantitative estimate of drug-likeness (QED) is 0.190. The fourth-order valence-electron chi connectivity index (χ4n) is 6.72. The molecule has 0 aliphatic carbocycles. The van der Waals surface area contributed by atoms with E-state index in [0.717, 1.165) is 54.3 Å². The van der Waals surface area contributed by atoms with Crippen molar-refractivity contribution >= 4 is 59.2 Å². The molecular weight excluding hydrogens is 625 g/mol. The average Bonchev–Trinajstić information content (AvgIpc) is 3.70. The van der Waals surface area contributed by atoms with E-state index in [-0.39, 0.29) is 5.56 Å². The van der Waals surface area contributed by atoms with E-state index < -0.39 is 0 Å². The van der Waals surface area contributed by atoms with Crippen molar-refractivity contribution < 1.29 is 0 Å². The van der Waals surface area contributed by atoms with Crippen LogP contribution in [0.2, 0.25) is 0 Å². The minimum atomic E-state index is -0.0513. The summed E-state index contributed by atoms with van der Waals surface area (Å²) >= 11 is 1.53. The van der Waals surface area contributed by atoms with Crippen LogP contribution in [0.3, 0.4) is 0 Å². The Morgan fingerprint density at radius 3 is 1.84 bits per heavy atom. The highest BCUT2D eigenvalue weighted by Crippen LogP contribution is 2.36. The summed E-state index contributed by atoms with van der Waals surface area (Å²) < 4.78 is 4.88. The average molecular weight is 649 g/mol. The number of fused-ring (bicyclic) bond motifs is 7. The van der Waals surface area contributed by atoms with E-state index in [1.165, 1.54) is 11.3 Å². The second-order valence-electron chi connectivity index (χ2n) is 11.9. The summed E-state index contributed by atoms with van der Waals surface area (Å²) in [5.41, 5.74) is 7.36. The first-order valence-electron chi connectivity index (χ1n) is 15.9. The summed E-state index contributed by atoms with van der Waals surface area (Å²) in [6.07, 6.45) is 0. The van der Waals surface area contributed by atoms with Crippen LogP contribution in [0.5, 0.6) is 0 Å². The largest absolute Gasteiger partial charge is 0.278 e. The van der Waals surface area contributed by atoms with E-state index >= 15 is 0 Å². The lowest BCUT2D eigenvalue weighted by Crippen LogP contribution is -2.13. The molecule has 0 fully saturated rings. The van der Waals surface area contributed by atoms with Crippen LogP contribution in [0.25, 0.3) is 87.7 Å². The molecule has 0 saturated carbocycles. The van der Waals surface area contributed by atoms with Crippen molar-refractivity contribution in [1.29, 1.82) is 0 Å². The van der Waals surface area contributed by atoms with Gasteiger partial charge >= 0.3 is 0 Å². The summed E-state index contributed by atoms with van der Waals surface area (Å²) in [4.78, 5) is 34.2. The van der Waals surface area contributed by atoms with Crippen LogP contribution in [0, 0.1) is 0 Å². The van der Waals surface area contributed by atoms with Crippen LogP contribution in [0.4, 0.5) is 0 Å². The van der Waals surface area contributed by atoms with E-state index in [0.29, 0.717) is 33.5 Å². The van der Waals surface area contributed by atoms with Crippen molar-refractivity contribution in [3.05, 3.63) is 156 Å². The molecule has 0 aliphatic heterocycles. The molecule has 6 aromatic carbocycles. The van der Waals surface area contributed by atoms with Gasteiger partial charge in [0.2, 0.25) is 5.95 Å². The van der Waals surface area contributed by atoms with Gasteiger partial charge in [0, 0.05) is 21.9 Å². The fraction of sp³-hybridized carbons (Fsp3) is 0. The topological polar surface area (TPSA) is 78.0 Å². The smallest absolute Gasteiger partial charge is 0.266 e. The Hall–Kier alpha value is -6.51. The Morgan fingerprint density at radius 1 is 0.469 bits per heavy atom. The van der Waals surface area contributed by atoms with Crippen molar-refractivity contribution in [3.8, 4) is 39.9 Å². The zero-order valence-electron chi connectivity index (χ0n) is 25.9. The number of rotatable bonds is 4. The minimum absolute atomic E-state index is 0.0513. The summed E-state index contributed by atoms with van der Waals surface area (Å²) in [6.45, 7) is 0. The van der Waals surface area contributed by atoms with Crippen molar-refractivity contribution in [2.45, 2.75) is 0 Å². The molecular formula is C41H24N6OS. The van der Waals surface area contributed by atoms with Gasteiger partial charge in [-0.2, -0.15) is 9.97 Å². The maximum Gasteiger partial charge on any atom is 0.266 e. The molecule has 10 rings (SSSR count). The van der Waals surface area contributed by atoms with Crippen molar-refractivity contribution in [2.75, 3.05) is 0 Å². The molecule has 0 saturated heterocycles. The third-order valence-corrected chi connectivity index (χ3v) is 10.1. The highest BCUT2D eigenvalue weighted by Gasteiger charge is 2.19. The summed E-state index contributed by atoms with van der Waals surface area (Å²) in [6, 6.07) is 48.7. The van der Waals surface area contributed by atoms with Gasteiger partial charge in [0.05, 0.1) is 32.2 Å². The molecule has 0 radical (unpaired) electrons. The molecule has 4 aromatic heterocycles. The van der Waals surface area contributed by atoms with Gasteiger partial charge in [0.15, 0.2) is 16.6 Å². The zero-order valence-corrected chi connectivity index (χ0v) is 26.7. The first-order valence-corrected chi connectivity index (χ1v) is 16.8. The maximum atomic E-state index is 13.6.